The Morgan fingerprint density at radius 1 is 0.468 bits per heavy atom. The van der Waals surface area contributed by atoms with E-state index in [1.165, 1.54) is 128 Å². The van der Waals surface area contributed by atoms with E-state index < -0.39 is 0 Å². The van der Waals surface area contributed by atoms with Crippen molar-refractivity contribution >= 4 is 0 Å². The van der Waals surface area contributed by atoms with Crippen molar-refractivity contribution in [1.82, 2.24) is 4.90 Å². The van der Waals surface area contributed by atoms with E-state index in [1.54, 1.807) is 0 Å². The Morgan fingerprint density at radius 3 is 1.21 bits per heavy atom. The molecule has 1 fully saturated rings. The van der Waals surface area contributed by atoms with Crippen LogP contribution in [0.25, 0.3) is 0 Å². The van der Waals surface area contributed by atoms with Crippen molar-refractivity contribution in [1.29, 1.82) is 0 Å². The van der Waals surface area contributed by atoms with E-state index in [4.69, 9.17) is 9.47 Å². The van der Waals surface area contributed by atoms with Gasteiger partial charge in [0.2, 0.25) is 0 Å². The number of nitrogens with zero attached hydrogens (tertiary/aromatic N) is 1. The van der Waals surface area contributed by atoms with Crippen molar-refractivity contribution in [3.63, 3.8) is 0 Å². The number of likely N-dealkylation sites (tertiary alicyclic amines) is 1. The number of hydrogen-bond donors (Lipinski definition) is 1. The van der Waals surface area contributed by atoms with Gasteiger partial charge in [-0.15, -0.1) is 0 Å². The lowest BCUT2D eigenvalue weighted by molar-refractivity contribution is -0.0481. The van der Waals surface area contributed by atoms with E-state index in [2.05, 4.69) is 67.4 Å². The predicted molar refractivity (Wildman–Crippen MR) is 206 cm³/mol. The maximum Gasteiger partial charge on any atom is 0.0975 e. The Kier molecular flexibility index (Phi) is 33.6. The van der Waals surface area contributed by atoms with Gasteiger partial charge in [0.25, 0.3) is 0 Å². The van der Waals surface area contributed by atoms with E-state index in [1.807, 2.05) is 0 Å². The van der Waals surface area contributed by atoms with Crippen LogP contribution in [0.5, 0.6) is 0 Å². The molecule has 1 heterocycles. The fourth-order valence-corrected chi connectivity index (χ4v) is 6.27. The summed E-state index contributed by atoms with van der Waals surface area (Å²) in [5.41, 5.74) is 0. The topological polar surface area (TPSA) is 41.9 Å². The van der Waals surface area contributed by atoms with Crippen LogP contribution in [0.3, 0.4) is 0 Å². The van der Waals surface area contributed by atoms with Crippen LogP contribution in [0.1, 0.15) is 174 Å². The minimum atomic E-state index is 0.177. The highest BCUT2D eigenvalue weighted by molar-refractivity contribution is 4.93. The summed E-state index contributed by atoms with van der Waals surface area (Å²) < 4.78 is 12.8. The summed E-state index contributed by atoms with van der Waals surface area (Å²) in [7, 11) is 0. The molecule has 0 amide bonds. The van der Waals surface area contributed by atoms with Crippen LogP contribution in [0, 0.1) is 0 Å². The van der Waals surface area contributed by atoms with Gasteiger partial charge in [0.1, 0.15) is 0 Å². The Balaban J connectivity index is 2.04. The standard InChI is InChI=1S/C43H79NO3/c1-3-5-7-9-11-13-15-17-19-21-23-25-27-29-31-33-38-46-42-40-44(36-35-37-45)41-43(42)47-39-34-32-30-28-26-24-22-20-18-16-14-12-10-8-6-4-2/h11-14,17-20,42-43,45H,3-10,15-16,21-41H2,1-2H3/b13-11-,14-12-,19-17-,20-18-/t42-,43-/m1/s1. The van der Waals surface area contributed by atoms with Gasteiger partial charge < -0.3 is 14.6 Å². The number of hydrogen-bond acceptors (Lipinski definition) is 4. The first-order valence-corrected chi connectivity index (χ1v) is 20.5. The van der Waals surface area contributed by atoms with Gasteiger partial charge in [0.05, 0.1) is 12.2 Å². The second-order valence-corrected chi connectivity index (χ2v) is 13.8. The molecule has 1 aliphatic rings. The second kappa shape index (κ2) is 36.1. The van der Waals surface area contributed by atoms with Gasteiger partial charge in [-0.25, -0.2) is 0 Å². The van der Waals surface area contributed by atoms with E-state index >= 15 is 0 Å². The summed E-state index contributed by atoms with van der Waals surface area (Å²) in [6.45, 7) is 9.29. The fourth-order valence-electron chi connectivity index (χ4n) is 6.27. The molecule has 4 nitrogen and oxygen atoms in total. The molecule has 0 aromatic rings. The van der Waals surface area contributed by atoms with Gasteiger partial charge in [-0.1, -0.05) is 140 Å². The molecule has 1 N–H and O–H groups in total. The van der Waals surface area contributed by atoms with Gasteiger partial charge in [-0.05, 0) is 83.5 Å². The van der Waals surface area contributed by atoms with Crippen LogP contribution in [0.15, 0.2) is 48.6 Å². The molecule has 0 aromatic carbocycles. The molecule has 1 saturated heterocycles. The van der Waals surface area contributed by atoms with Crippen molar-refractivity contribution in [2.45, 2.75) is 187 Å². The first-order valence-electron chi connectivity index (χ1n) is 20.5. The average Bonchev–Trinajstić information content (AvgIpc) is 3.47. The first-order chi connectivity index (χ1) is 23.3. The molecule has 0 radical (unpaired) electrons. The zero-order valence-corrected chi connectivity index (χ0v) is 31.4. The lowest BCUT2D eigenvalue weighted by Gasteiger charge is -2.20. The number of unbranched alkanes of at least 4 members (excludes halogenated alkanes) is 18. The number of allylic oxidation sites excluding steroid dienone is 8. The molecule has 0 spiro atoms. The summed E-state index contributed by atoms with van der Waals surface area (Å²) in [5.74, 6) is 0. The second-order valence-electron chi connectivity index (χ2n) is 13.8. The maximum atomic E-state index is 9.29. The smallest absolute Gasteiger partial charge is 0.0975 e. The van der Waals surface area contributed by atoms with Gasteiger partial charge in [-0.3, -0.25) is 4.90 Å². The van der Waals surface area contributed by atoms with Gasteiger partial charge in [0, 0.05) is 39.5 Å². The molecule has 0 bridgehead atoms. The van der Waals surface area contributed by atoms with Gasteiger partial charge in [0.15, 0.2) is 0 Å². The molecule has 47 heavy (non-hydrogen) atoms. The lowest BCUT2D eigenvalue weighted by atomic mass is 10.1. The number of rotatable bonds is 35. The molecule has 0 aliphatic carbocycles. The Labute approximate surface area is 293 Å². The summed E-state index contributed by atoms with van der Waals surface area (Å²) in [5, 5.41) is 9.29. The maximum absolute atomic E-state index is 9.29. The van der Waals surface area contributed by atoms with Crippen molar-refractivity contribution in [3.05, 3.63) is 48.6 Å². The van der Waals surface area contributed by atoms with Gasteiger partial charge in [-0.2, -0.15) is 0 Å². The van der Waals surface area contributed by atoms with E-state index in [0.29, 0.717) is 0 Å². The molecule has 0 aromatic heterocycles. The highest BCUT2D eigenvalue weighted by Crippen LogP contribution is 2.19. The SMILES string of the molecule is CCCCC/C=C\C/C=C\CCCCCCCCO[C@@H]1CN(CCCO)C[C@H]1OCCCCCCCC/C=C\C/C=C\CCCCC. The lowest BCUT2D eigenvalue weighted by Crippen LogP contribution is -2.30. The number of aliphatic hydroxyl groups excluding tert-OH is 1. The third kappa shape index (κ3) is 29.4. The predicted octanol–water partition coefficient (Wildman–Crippen LogP) is 12.1. The van der Waals surface area contributed by atoms with E-state index in [9.17, 15) is 5.11 Å². The third-order valence-corrected chi connectivity index (χ3v) is 9.28. The zero-order chi connectivity index (χ0) is 33.7. The van der Waals surface area contributed by atoms with Crippen LogP contribution in [0.4, 0.5) is 0 Å². The van der Waals surface area contributed by atoms with Crippen molar-refractivity contribution in [2.75, 3.05) is 39.5 Å². The van der Waals surface area contributed by atoms with Crippen LogP contribution < -0.4 is 0 Å². The van der Waals surface area contributed by atoms with Crippen molar-refractivity contribution in [3.8, 4) is 0 Å². The largest absolute Gasteiger partial charge is 0.396 e. The first kappa shape index (κ1) is 43.8. The van der Waals surface area contributed by atoms with Crippen molar-refractivity contribution in [2.24, 2.45) is 0 Å². The molecule has 2 atom stereocenters. The van der Waals surface area contributed by atoms with Crippen LogP contribution in [-0.4, -0.2) is 61.7 Å². The minimum Gasteiger partial charge on any atom is -0.396 e. The monoisotopic (exact) mass is 658 g/mol. The molecule has 0 unspecified atom stereocenters. The quantitative estimate of drug-likeness (QED) is 0.0544. The summed E-state index contributed by atoms with van der Waals surface area (Å²) in [4.78, 5) is 2.42. The fraction of sp³-hybridized carbons (Fsp3) is 0.814. The number of ether oxygens (including phenoxy) is 2. The zero-order valence-electron chi connectivity index (χ0n) is 31.4. The van der Waals surface area contributed by atoms with Crippen molar-refractivity contribution < 1.29 is 14.6 Å². The number of aliphatic hydroxyl groups is 1. The van der Waals surface area contributed by atoms with Crippen LogP contribution >= 0.6 is 0 Å². The summed E-state index contributed by atoms with van der Waals surface area (Å²) in [6, 6.07) is 0. The highest BCUT2D eigenvalue weighted by Gasteiger charge is 2.33. The Bertz CT molecular complexity index is 687. The third-order valence-electron chi connectivity index (χ3n) is 9.28. The molecular formula is C43H79NO3. The van der Waals surface area contributed by atoms with Gasteiger partial charge >= 0.3 is 0 Å². The average molecular weight is 658 g/mol. The van der Waals surface area contributed by atoms with E-state index in [0.717, 1.165) is 65.0 Å². The molecule has 1 aliphatic heterocycles. The Hall–Kier alpha value is -1.20. The van der Waals surface area contributed by atoms with Crippen LogP contribution in [0.2, 0.25) is 0 Å². The minimum absolute atomic E-state index is 0.177. The van der Waals surface area contributed by atoms with E-state index in [-0.39, 0.29) is 18.8 Å². The molecule has 0 saturated carbocycles. The molecule has 1 rings (SSSR count). The summed E-state index contributed by atoms with van der Waals surface area (Å²) in [6.07, 6.45) is 50.4. The summed E-state index contributed by atoms with van der Waals surface area (Å²) >= 11 is 0. The van der Waals surface area contributed by atoms with Crippen LogP contribution in [-0.2, 0) is 9.47 Å². The highest BCUT2D eigenvalue weighted by atomic mass is 16.5. The Morgan fingerprint density at radius 2 is 0.830 bits per heavy atom. The normalized spacial score (nSPS) is 17.6. The molecule has 4 heteroatoms. The molecule has 274 valence electrons. The molecular weight excluding hydrogens is 578 g/mol.